The molecule has 0 spiro atoms. The fraction of sp³-hybridized carbons (Fsp3) is 0.583. The maximum absolute atomic E-state index is 13.1. The first-order chi connectivity index (χ1) is 10.2. The number of hydrogen-bond donors (Lipinski definition) is 3. The number of primary sulfonamides is 1. The van der Waals surface area contributed by atoms with Crippen LogP contribution in [0.1, 0.15) is 13.3 Å². The zero-order valence-corrected chi connectivity index (χ0v) is 13.4. The molecule has 2 atom stereocenters. The average Bonchev–Trinajstić information content (AvgIpc) is 2.88. The predicted octanol–water partition coefficient (Wildman–Crippen LogP) is 1.43. The minimum atomic E-state index is -3.92. The Morgan fingerprint density at radius 2 is 2.23 bits per heavy atom. The number of pyridine rings is 1. The first-order valence-electron chi connectivity index (χ1n) is 6.61. The van der Waals surface area contributed by atoms with Gasteiger partial charge in [-0.15, -0.1) is 0 Å². The van der Waals surface area contributed by atoms with Crippen molar-refractivity contribution in [3.8, 4) is 0 Å². The summed E-state index contributed by atoms with van der Waals surface area (Å²) in [6.07, 6.45) is -0.977. The van der Waals surface area contributed by atoms with Gasteiger partial charge in [0.05, 0.1) is 10.6 Å². The highest BCUT2D eigenvalue weighted by Crippen LogP contribution is 2.34. The van der Waals surface area contributed by atoms with Crippen molar-refractivity contribution in [3.05, 3.63) is 17.3 Å². The van der Waals surface area contributed by atoms with E-state index in [1.807, 2.05) is 0 Å². The first kappa shape index (κ1) is 17.3. The lowest BCUT2D eigenvalue weighted by molar-refractivity contribution is 0.0529. The number of alkyl halides is 2. The van der Waals surface area contributed by atoms with Crippen LogP contribution >= 0.6 is 11.6 Å². The third kappa shape index (κ3) is 3.48. The molecule has 2 heterocycles. The third-order valence-electron chi connectivity index (χ3n) is 3.95. The van der Waals surface area contributed by atoms with Gasteiger partial charge in [-0.3, -0.25) is 0 Å². The summed E-state index contributed by atoms with van der Waals surface area (Å²) in [5.41, 5.74) is -0.895. The van der Waals surface area contributed by atoms with Crippen LogP contribution in [0, 0.1) is 5.92 Å². The maximum atomic E-state index is 13.1. The number of aromatic nitrogens is 1. The molecule has 2 rings (SSSR count). The van der Waals surface area contributed by atoms with Gasteiger partial charge in [0.25, 0.3) is 0 Å². The van der Waals surface area contributed by atoms with E-state index < -0.39 is 27.9 Å². The summed E-state index contributed by atoms with van der Waals surface area (Å²) in [6.45, 7) is 2.39. The topological polar surface area (TPSA) is 97.1 Å². The maximum Gasteiger partial charge on any atom is 0.243 e. The molecule has 124 valence electrons. The quantitative estimate of drug-likeness (QED) is 0.743. The lowest BCUT2D eigenvalue weighted by Crippen LogP contribution is -2.49. The van der Waals surface area contributed by atoms with Crippen molar-refractivity contribution in [2.75, 3.05) is 18.4 Å². The molecule has 1 aromatic rings. The minimum absolute atomic E-state index is 0.0132. The number of nitrogens with zero attached hydrogens (tertiary/aromatic N) is 1. The molecule has 0 aliphatic carbocycles. The van der Waals surface area contributed by atoms with Crippen molar-refractivity contribution >= 4 is 27.4 Å². The molecule has 6 nitrogen and oxygen atoms in total. The Morgan fingerprint density at radius 1 is 1.55 bits per heavy atom. The zero-order valence-electron chi connectivity index (χ0n) is 11.8. The van der Waals surface area contributed by atoms with Gasteiger partial charge in [-0.25, -0.2) is 27.3 Å². The largest absolute Gasteiger partial charge is 0.362 e. The van der Waals surface area contributed by atoms with Crippen LogP contribution < -0.4 is 15.8 Å². The van der Waals surface area contributed by atoms with E-state index in [0.717, 1.165) is 12.3 Å². The molecule has 0 bridgehead atoms. The lowest BCUT2D eigenvalue weighted by atomic mass is 9.84. The Morgan fingerprint density at radius 3 is 2.68 bits per heavy atom. The number of anilines is 1. The molecule has 1 aliphatic heterocycles. The number of hydrogen-bond acceptors (Lipinski definition) is 5. The molecule has 1 aromatic heterocycles. The van der Waals surface area contributed by atoms with Crippen LogP contribution in [0.4, 0.5) is 14.6 Å². The summed E-state index contributed by atoms with van der Waals surface area (Å²) in [6, 6.07) is 1.15. The van der Waals surface area contributed by atoms with Crippen LogP contribution in [0.5, 0.6) is 0 Å². The molecule has 0 radical (unpaired) electrons. The Kier molecular flexibility index (Phi) is 4.90. The third-order valence-corrected chi connectivity index (χ3v) is 5.12. The normalized spacial score (nSPS) is 23.7. The number of halogens is 3. The van der Waals surface area contributed by atoms with Crippen LogP contribution in [0.3, 0.4) is 0 Å². The first-order valence-corrected chi connectivity index (χ1v) is 8.53. The van der Waals surface area contributed by atoms with E-state index in [1.54, 1.807) is 0 Å². The SMILES string of the molecule is CC(C(F)F)[C@]1(Nc2ncc(S(N)(=O)=O)cc2Cl)CCNC1. The number of rotatable bonds is 5. The van der Waals surface area contributed by atoms with Gasteiger partial charge in [0.15, 0.2) is 0 Å². The van der Waals surface area contributed by atoms with Crippen molar-refractivity contribution in [2.45, 2.75) is 30.2 Å². The smallest absolute Gasteiger partial charge is 0.243 e. The van der Waals surface area contributed by atoms with E-state index in [1.165, 1.54) is 6.92 Å². The van der Waals surface area contributed by atoms with Gasteiger partial charge in [-0.2, -0.15) is 0 Å². The molecule has 4 N–H and O–H groups in total. The van der Waals surface area contributed by atoms with Crippen molar-refractivity contribution in [1.82, 2.24) is 10.3 Å². The highest BCUT2D eigenvalue weighted by molar-refractivity contribution is 7.89. The van der Waals surface area contributed by atoms with E-state index in [9.17, 15) is 17.2 Å². The molecule has 1 fully saturated rings. The fourth-order valence-electron chi connectivity index (χ4n) is 2.47. The van der Waals surface area contributed by atoms with Crippen molar-refractivity contribution in [1.29, 1.82) is 0 Å². The molecule has 22 heavy (non-hydrogen) atoms. The van der Waals surface area contributed by atoms with Crippen LogP contribution in [0.2, 0.25) is 5.02 Å². The Hall–Kier alpha value is -1.03. The average molecular weight is 355 g/mol. The predicted molar refractivity (Wildman–Crippen MR) is 79.6 cm³/mol. The van der Waals surface area contributed by atoms with Crippen LogP contribution in [0.15, 0.2) is 17.2 Å². The minimum Gasteiger partial charge on any atom is -0.362 e. The molecule has 0 saturated carbocycles. The van der Waals surface area contributed by atoms with Gasteiger partial charge < -0.3 is 10.6 Å². The van der Waals surface area contributed by atoms with Gasteiger partial charge in [0.1, 0.15) is 10.7 Å². The second-order valence-electron chi connectivity index (χ2n) is 5.38. The van der Waals surface area contributed by atoms with E-state index in [0.29, 0.717) is 19.5 Å². The van der Waals surface area contributed by atoms with Crippen molar-refractivity contribution in [2.24, 2.45) is 11.1 Å². The molecule has 0 amide bonds. The molecule has 1 saturated heterocycles. The van der Waals surface area contributed by atoms with Gasteiger partial charge in [-0.05, 0) is 19.0 Å². The van der Waals surface area contributed by atoms with E-state index in [2.05, 4.69) is 15.6 Å². The number of nitrogens with two attached hydrogens (primary N) is 1. The Labute approximate surface area is 132 Å². The Balaban J connectivity index is 2.32. The van der Waals surface area contributed by atoms with Crippen molar-refractivity contribution < 1.29 is 17.2 Å². The van der Waals surface area contributed by atoms with Crippen LogP contribution in [0.25, 0.3) is 0 Å². The molecule has 1 aliphatic rings. The molecule has 0 aromatic carbocycles. The number of sulfonamides is 1. The number of nitrogens with one attached hydrogen (secondary N) is 2. The fourth-order valence-corrected chi connectivity index (χ4v) is 3.23. The van der Waals surface area contributed by atoms with Gasteiger partial charge in [-0.1, -0.05) is 18.5 Å². The van der Waals surface area contributed by atoms with Crippen LogP contribution in [-0.2, 0) is 10.0 Å². The van der Waals surface area contributed by atoms with Gasteiger partial charge in [0, 0.05) is 18.7 Å². The Bertz CT molecular complexity index is 651. The molecular weight excluding hydrogens is 338 g/mol. The molecular formula is C12H17ClF2N4O2S. The second kappa shape index (κ2) is 6.23. The summed E-state index contributed by atoms with van der Waals surface area (Å²) >= 11 is 6.01. The summed E-state index contributed by atoms with van der Waals surface area (Å²) in [7, 11) is -3.92. The summed E-state index contributed by atoms with van der Waals surface area (Å²) in [4.78, 5) is 3.69. The summed E-state index contributed by atoms with van der Waals surface area (Å²) in [5.74, 6) is -0.774. The van der Waals surface area contributed by atoms with E-state index >= 15 is 0 Å². The van der Waals surface area contributed by atoms with E-state index in [4.69, 9.17) is 16.7 Å². The van der Waals surface area contributed by atoms with Crippen molar-refractivity contribution in [3.63, 3.8) is 0 Å². The summed E-state index contributed by atoms with van der Waals surface area (Å²) < 4.78 is 48.8. The highest BCUT2D eigenvalue weighted by Gasteiger charge is 2.43. The second-order valence-corrected chi connectivity index (χ2v) is 7.35. The van der Waals surface area contributed by atoms with Gasteiger partial charge in [0.2, 0.25) is 16.4 Å². The van der Waals surface area contributed by atoms with Crippen LogP contribution in [-0.4, -0.2) is 38.5 Å². The molecule has 1 unspecified atom stereocenters. The van der Waals surface area contributed by atoms with E-state index in [-0.39, 0.29) is 15.7 Å². The zero-order chi connectivity index (χ0) is 16.5. The highest BCUT2D eigenvalue weighted by atomic mass is 35.5. The van der Waals surface area contributed by atoms with Gasteiger partial charge >= 0.3 is 0 Å². The lowest BCUT2D eigenvalue weighted by Gasteiger charge is -2.36. The standard InChI is InChI=1S/C12H17ClF2N4O2S/c1-7(10(14)15)12(2-3-17-6-12)19-11-9(13)4-8(5-18-11)22(16,20)21/h4-5,7,10,17H,2-3,6H2,1H3,(H,18,19)(H2,16,20,21)/t7?,12-/m0/s1. The monoisotopic (exact) mass is 354 g/mol. The summed E-state index contributed by atoms with van der Waals surface area (Å²) in [5, 5.41) is 11.0. The molecule has 10 heteroatoms.